The second kappa shape index (κ2) is 12.4. The fraction of sp³-hybridized carbons (Fsp3) is 0.400. The molecule has 2 atom stereocenters. The molecular formula is C30H38N6O4. The Kier molecular flexibility index (Phi) is 9.01. The van der Waals surface area contributed by atoms with Crippen molar-refractivity contribution in [1.29, 1.82) is 0 Å². The second-order valence-corrected chi connectivity index (χ2v) is 10.8. The summed E-state index contributed by atoms with van der Waals surface area (Å²) in [4.78, 5) is 46.0. The van der Waals surface area contributed by atoms with Crippen LogP contribution in [0.25, 0.3) is 0 Å². The third-order valence-electron chi connectivity index (χ3n) is 7.10. The molecule has 0 saturated carbocycles. The Morgan fingerprint density at radius 1 is 1.00 bits per heavy atom. The molecule has 10 heteroatoms. The van der Waals surface area contributed by atoms with Crippen molar-refractivity contribution in [2.45, 2.75) is 57.3 Å². The van der Waals surface area contributed by atoms with E-state index in [1.807, 2.05) is 72.5 Å². The van der Waals surface area contributed by atoms with Crippen molar-refractivity contribution in [1.82, 2.24) is 19.8 Å². The molecule has 0 aliphatic carbocycles. The number of nitrogens with two attached hydrogens (primary N) is 1. The van der Waals surface area contributed by atoms with Gasteiger partial charge in [0.25, 0.3) is 11.8 Å². The zero-order valence-electron chi connectivity index (χ0n) is 23.3. The summed E-state index contributed by atoms with van der Waals surface area (Å²) in [7, 11) is 0. The Morgan fingerprint density at radius 2 is 1.62 bits per heavy atom. The maximum atomic E-state index is 13.8. The number of aromatic nitrogens is 2. The molecule has 2 heterocycles. The first-order valence-electron chi connectivity index (χ1n) is 13.5. The van der Waals surface area contributed by atoms with Gasteiger partial charge in [0.1, 0.15) is 11.6 Å². The summed E-state index contributed by atoms with van der Waals surface area (Å²) in [6, 6.07) is 18.0. The first-order chi connectivity index (χ1) is 19.1. The molecule has 1 aromatic heterocycles. The standard InChI is InChI=1S/C30H38N6O4/c1-29(2,31)27(38)33-24(20-40-19-22-12-6-4-7-13-22)26(37)34-25-18-36(21-32-25)30(3,23-14-8-5-9-15-23)28(39)35-16-10-11-17-35/h4-9,12-15,18,21,24H,10-11,16-17,19-20,31H2,1-3H3,(H,33,38)(H,34,37)/t24-,30?/m1/s1. The van der Waals surface area contributed by atoms with Gasteiger partial charge in [-0.1, -0.05) is 60.7 Å². The van der Waals surface area contributed by atoms with Crippen LogP contribution in [-0.2, 0) is 31.3 Å². The zero-order valence-corrected chi connectivity index (χ0v) is 23.3. The highest BCUT2D eigenvalue weighted by Crippen LogP contribution is 2.31. The van der Waals surface area contributed by atoms with Crippen molar-refractivity contribution in [3.05, 3.63) is 84.3 Å². The molecule has 4 N–H and O–H groups in total. The van der Waals surface area contributed by atoms with E-state index in [9.17, 15) is 14.4 Å². The number of likely N-dealkylation sites (tertiary alicyclic amines) is 1. The third-order valence-corrected chi connectivity index (χ3v) is 7.10. The van der Waals surface area contributed by atoms with Gasteiger partial charge in [0.05, 0.1) is 25.1 Å². The second-order valence-electron chi connectivity index (χ2n) is 10.8. The summed E-state index contributed by atoms with van der Waals surface area (Å²) in [5, 5.41) is 5.45. The zero-order chi connectivity index (χ0) is 28.8. The van der Waals surface area contributed by atoms with E-state index in [1.54, 1.807) is 30.9 Å². The van der Waals surface area contributed by atoms with E-state index in [0.29, 0.717) is 13.1 Å². The van der Waals surface area contributed by atoms with Crippen LogP contribution in [0.15, 0.2) is 73.2 Å². The number of carbonyl (C=O) groups excluding carboxylic acids is 3. The molecule has 1 saturated heterocycles. The van der Waals surface area contributed by atoms with Crippen molar-refractivity contribution in [2.75, 3.05) is 25.0 Å². The monoisotopic (exact) mass is 546 g/mol. The number of hydrogen-bond acceptors (Lipinski definition) is 6. The van der Waals surface area contributed by atoms with Gasteiger partial charge in [-0.25, -0.2) is 4.98 Å². The molecular weight excluding hydrogens is 508 g/mol. The van der Waals surface area contributed by atoms with Crippen LogP contribution in [0.3, 0.4) is 0 Å². The number of hydrogen-bond donors (Lipinski definition) is 3. The molecule has 3 aromatic rings. The third kappa shape index (κ3) is 6.75. The molecule has 10 nitrogen and oxygen atoms in total. The molecule has 3 amide bonds. The Balaban J connectivity index is 1.53. The van der Waals surface area contributed by atoms with E-state index in [1.165, 1.54) is 0 Å². The highest BCUT2D eigenvalue weighted by molar-refractivity contribution is 5.98. The molecule has 1 aliphatic rings. The van der Waals surface area contributed by atoms with Gasteiger partial charge in [-0.05, 0) is 44.7 Å². The number of nitrogens with one attached hydrogen (secondary N) is 2. The van der Waals surface area contributed by atoms with Crippen LogP contribution in [0.4, 0.5) is 5.82 Å². The van der Waals surface area contributed by atoms with Crippen molar-refractivity contribution in [3.63, 3.8) is 0 Å². The molecule has 212 valence electrons. The lowest BCUT2D eigenvalue weighted by Crippen LogP contribution is -2.56. The Labute approximate surface area is 234 Å². The predicted octanol–water partition coefficient (Wildman–Crippen LogP) is 2.65. The molecule has 1 aliphatic heterocycles. The molecule has 0 spiro atoms. The molecule has 4 rings (SSSR count). The molecule has 2 aromatic carbocycles. The first kappa shape index (κ1) is 29.0. The summed E-state index contributed by atoms with van der Waals surface area (Å²) in [5.41, 5.74) is 5.46. The topological polar surface area (TPSA) is 132 Å². The van der Waals surface area contributed by atoms with Crippen molar-refractivity contribution >= 4 is 23.5 Å². The van der Waals surface area contributed by atoms with Crippen LogP contribution in [0.2, 0.25) is 0 Å². The maximum absolute atomic E-state index is 13.8. The summed E-state index contributed by atoms with van der Waals surface area (Å²) in [6.45, 7) is 6.60. The first-order valence-corrected chi connectivity index (χ1v) is 13.5. The summed E-state index contributed by atoms with van der Waals surface area (Å²) in [6.07, 6.45) is 5.12. The lowest BCUT2D eigenvalue weighted by Gasteiger charge is -2.34. The van der Waals surface area contributed by atoms with E-state index in [-0.39, 0.29) is 24.9 Å². The largest absolute Gasteiger partial charge is 0.374 e. The lowest BCUT2D eigenvalue weighted by molar-refractivity contribution is -0.137. The van der Waals surface area contributed by atoms with Crippen LogP contribution in [-0.4, -0.2) is 63.4 Å². The Bertz CT molecular complexity index is 1300. The van der Waals surface area contributed by atoms with E-state index in [4.69, 9.17) is 10.5 Å². The van der Waals surface area contributed by atoms with Gasteiger partial charge in [0.2, 0.25) is 5.91 Å². The van der Waals surface area contributed by atoms with Crippen LogP contribution in [0.1, 0.15) is 44.7 Å². The maximum Gasteiger partial charge on any atom is 0.253 e. The number of benzene rings is 2. The predicted molar refractivity (Wildman–Crippen MR) is 152 cm³/mol. The van der Waals surface area contributed by atoms with Crippen molar-refractivity contribution in [2.24, 2.45) is 5.73 Å². The number of nitrogens with zero attached hydrogens (tertiary/aromatic N) is 3. The molecule has 40 heavy (non-hydrogen) atoms. The van der Waals surface area contributed by atoms with Crippen LogP contribution in [0.5, 0.6) is 0 Å². The minimum Gasteiger partial charge on any atom is -0.374 e. The average molecular weight is 547 g/mol. The summed E-state index contributed by atoms with van der Waals surface area (Å²) < 4.78 is 7.49. The van der Waals surface area contributed by atoms with Gasteiger partial charge >= 0.3 is 0 Å². The Hall–Kier alpha value is -4.02. The smallest absolute Gasteiger partial charge is 0.253 e. The fourth-order valence-corrected chi connectivity index (χ4v) is 4.62. The Morgan fingerprint density at radius 3 is 2.25 bits per heavy atom. The molecule has 0 radical (unpaired) electrons. The van der Waals surface area contributed by atoms with Crippen LogP contribution >= 0.6 is 0 Å². The highest BCUT2D eigenvalue weighted by Gasteiger charge is 2.41. The minimum atomic E-state index is -1.19. The average Bonchev–Trinajstić information content (AvgIpc) is 3.65. The van der Waals surface area contributed by atoms with Crippen molar-refractivity contribution in [3.8, 4) is 0 Å². The number of ether oxygens (including phenoxy) is 1. The van der Waals surface area contributed by atoms with Crippen LogP contribution < -0.4 is 16.4 Å². The van der Waals surface area contributed by atoms with Gasteiger partial charge in [0, 0.05) is 19.3 Å². The van der Waals surface area contributed by atoms with Gasteiger partial charge in [-0.15, -0.1) is 0 Å². The molecule has 1 fully saturated rings. The number of amides is 3. The van der Waals surface area contributed by atoms with Gasteiger partial charge < -0.3 is 30.6 Å². The van der Waals surface area contributed by atoms with Gasteiger partial charge in [0.15, 0.2) is 5.82 Å². The number of rotatable bonds is 11. The van der Waals surface area contributed by atoms with E-state index >= 15 is 0 Å². The van der Waals surface area contributed by atoms with E-state index < -0.39 is 28.9 Å². The quantitative estimate of drug-likeness (QED) is 0.339. The summed E-state index contributed by atoms with van der Waals surface area (Å²) >= 11 is 0. The van der Waals surface area contributed by atoms with E-state index in [2.05, 4.69) is 15.6 Å². The van der Waals surface area contributed by atoms with Gasteiger partial charge in [-0.2, -0.15) is 0 Å². The van der Waals surface area contributed by atoms with Crippen molar-refractivity contribution < 1.29 is 19.1 Å². The minimum absolute atomic E-state index is 0.0314. The molecule has 0 bridgehead atoms. The SMILES string of the molecule is CC(C)(N)C(=O)N[C@H](COCc1ccccc1)C(=O)Nc1cn(C(C)(C(=O)N2CCCC2)c2ccccc2)cn1. The van der Waals surface area contributed by atoms with E-state index in [0.717, 1.165) is 24.0 Å². The number of anilines is 1. The summed E-state index contributed by atoms with van der Waals surface area (Å²) in [5.74, 6) is -0.788. The molecule has 1 unspecified atom stereocenters. The number of imidazole rings is 1. The number of carbonyl (C=O) groups is 3. The highest BCUT2D eigenvalue weighted by atomic mass is 16.5. The van der Waals surface area contributed by atoms with Gasteiger partial charge in [-0.3, -0.25) is 14.4 Å². The fourth-order valence-electron chi connectivity index (χ4n) is 4.62. The van der Waals surface area contributed by atoms with Crippen LogP contribution in [0, 0.1) is 0 Å². The normalized spacial score (nSPS) is 15.8. The lowest BCUT2D eigenvalue weighted by atomic mass is 9.90.